The third-order valence-corrected chi connectivity index (χ3v) is 3.26. The minimum absolute atomic E-state index is 0.113. The molecule has 0 aliphatic heterocycles. The average molecular weight is 237 g/mol. The van der Waals surface area contributed by atoms with Crippen LogP contribution in [0.3, 0.4) is 0 Å². The van der Waals surface area contributed by atoms with Gasteiger partial charge in [0.05, 0.1) is 0 Å². The lowest BCUT2D eigenvalue weighted by atomic mass is 9.97. The molecule has 2 heteroatoms. The van der Waals surface area contributed by atoms with Gasteiger partial charge in [-0.15, -0.1) is 0 Å². The van der Waals surface area contributed by atoms with Gasteiger partial charge in [-0.05, 0) is 75.5 Å². The smallest absolute Gasteiger partial charge is 0.123 e. The molecule has 0 aliphatic carbocycles. The molecule has 1 aromatic carbocycles. The lowest BCUT2D eigenvalue weighted by Gasteiger charge is -2.10. The van der Waals surface area contributed by atoms with E-state index < -0.39 is 0 Å². The van der Waals surface area contributed by atoms with Crippen LogP contribution in [0.25, 0.3) is 0 Å². The van der Waals surface area contributed by atoms with Gasteiger partial charge < -0.3 is 5.32 Å². The molecule has 0 atom stereocenters. The van der Waals surface area contributed by atoms with Crippen LogP contribution in [-0.4, -0.2) is 13.6 Å². The molecule has 0 amide bonds. The van der Waals surface area contributed by atoms with E-state index in [1.54, 1.807) is 12.1 Å². The molecule has 1 rings (SSSR count). The molecule has 0 aliphatic rings. The van der Waals surface area contributed by atoms with Crippen LogP contribution in [0.1, 0.15) is 42.4 Å². The molecule has 0 aromatic heterocycles. The second-order valence-corrected chi connectivity index (χ2v) is 4.79. The first kappa shape index (κ1) is 14.2. The highest BCUT2D eigenvalue weighted by molar-refractivity contribution is 5.34. The highest BCUT2D eigenvalue weighted by Crippen LogP contribution is 2.18. The van der Waals surface area contributed by atoms with E-state index in [0.29, 0.717) is 0 Å². The lowest BCUT2D eigenvalue weighted by Crippen LogP contribution is -2.07. The topological polar surface area (TPSA) is 12.0 Å². The van der Waals surface area contributed by atoms with Gasteiger partial charge in [0.15, 0.2) is 0 Å². The van der Waals surface area contributed by atoms with Crippen molar-refractivity contribution in [2.24, 2.45) is 0 Å². The van der Waals surface area contributed by atoms with Gasteiger partial charge in [-0.3, -0.25) is 0 Å². The van der Waals surface area contributed by atoms with E-state index in [1.807, 2.05) is 20.9 Å². The first-order chi connectivity index (χ1) is 8.15. The summed E-state index contributed by atoms with van der Waals surface area (Å²) in [4.78, 5) is 0. The summed E-state index contributed by atoms with van der Waals surface area (Å²) >= 11 is 0. The van der Waals surface area contributed by atoms with E-state index in [9.17, 15) is 4.39 Å². The molecule has 0 fully saturated rings. The van der Waals surface area contributed by atoms with E-state index in [0.717, 1.165) is 24.1 Å². The van der Waals surface area contributed by atoms with Gasteiger partial charge in [0.1, 0.15) is 5.82 Å². The minimum atomic E-state index is -0.113. The number of halogens is 1. The van der Waals surface area contributed by atoms with Gasteiger partial charge in [-0.25, -0.2) is 4.39 Å². The number of unbranched alkanes of at least 4 members (excludes halogenated alkanes) is 3. The Bertz CT molecular complexity index is 324. The quantitative estimate of drug-likeness (QED) is 0.712. The number of hydrogen-bond acceptors (Lipinski definition) is 1. The maximum atomic E-state index is 13.1. The highest BCUT2D eigenvalue weighted by Gasteiger charge is 2.04. The largest absolute Gasteiger partial charge is 0.320 e. The Morgan fingerprint density at radius 2 is 1.59 bits per heavy atom. The van der Waals surface area contributed by atoms with Crippen LogP contribution in [0.2, 0.25) is 0 Å². The molecule has 1 aromatic rings. The zero-order chi connectivity index (χ0) is 12.7. The summed E-state index contributed by atoms with van der Waals surface area (Å²) in [6, 6.07) is 3.28. The Morgan fingerprint density at radius 1 is 1.00 bits per heavy atom. The Balaban J connectivity index is 2.36. The summed E-state index contributed by atoms with van der Waals surface area (Å²) in [6.07, 6.45) is 6.07. The van der Waals surface area contributed by atoms with Crippen molar-refractivity contribution >= 4 is 0 Å². The molecule has 0 saturated carbocycles. The van der Waals surface area contributed by atoms with Gasteiger partial charge in [-0.2, -0.15) is 0 Å². The van der Waals surface area contributed by atoms with Crippen molar-refractivity contribution in [3.8, 4) is 0 Å². The monoisotopic (exact) mass is 237 g/mol. The number of benzene rings is 1. The summed E-state index contributed by atoms with van der Waals surface area (Å²) in [5.74, 6) is -0.113. The fraction of sp³-hybridized carbons (Fsp3) is 0.600. The molecular weight excluding hydrogens is 213 g/mol. The van der Waals surface area contributed by atoms with Gasteiger partial charge in [0.2, 0.25) is 0 Å². The third-order valence-electron chi connectivity index (χ3n) is 3.26. The van der Waals surface area contributed by atoms with Crippen LogP contribution in [0.4, 0.5) is 4.39 Å². The normalized spacial score (nSPS) is 10.8. The minimum Gasteiger partial charge on any atom is -0.320 e. The maximum Gasteiger partial charge on any atom is 0.123 e. The SMILES string of the molecule is CNCCCCCCc1c(C)cc(F)cc1C. The Morgan fingerprint density at radius 3 is 2.18 bits per heavy atom. The predicted octanol–water partition coefficient (Wildman–Crippen LogP) is 3.76. The Labute approximate surface area is 104 Å². The predicted molar refractivity (Wildman–Crippen MR) is 72.0 cm³/mol. The molecule has 17 heavy (non-hydrogen) atoms. The molecule has 1 N–H and O–H groups in total. The van der Waals surface area contributed by atoms with E-state index in [2.05, 4.69) is 5.32 Å². The van der Waals surface area contributed by atoms with Crippen LogP contribution in [-0.2, 0) is 6.42 Å². The summed E-state index contributed by atoms with van der Waals surface area (Å²) in [6.45, 7) is 5.12. The van der Waals surface area contributed by atoms with Gasteiger partial charge in [0, 0.05) is 0 Å². The zero-order valence-electron chi connectivity index (χ0n) is 11.3. The molecular formula is C15H24FN. The van der Waals surface area contributed by atoms with Crippen molar-refractivity contribution in [3.05, 3.63) is 34.6 Å². The van der Waals surface area contributed by atoms with Crippen molar-refractivity contribution < 1.29 is 4.39 Å². The first-order valence-corrected chi connectivity index (χ1v) is 6.55. The van der Waals surface area contributed by atoms with E-state index in [-0.39, 0.29) is 5.82 Å². The maximum absolute atomic E-state index is 13.1. The van der Waals surface area contributed by atoms with Crippen molar-refractivity contribution in [1.82, 2.24) is 5.32 Å². The molecule has 0 spiro atoms. The van der Waals surface area contributed by atoms with E-state index in [1.165, 1.54) is 31.2 Å². The summed E-state index contributed by atoms with van der Waals surface area (Å²) in [5.41, 5.74) is 3.52. The van der Waals surface area contributed by atoms with Crippen LogP contribution < -0.4 is 5.32 Å². The average Bonchev–Trinajstić information content (AvgIpc) is 2.26. The Hall–Kier alpha value is -0.890. The van der Waals surface area contributed by atoms with E-state index in [4.69, 9.17) is 0 Å². The van der Waals surface area contributed by atoms with Crippen LogP contribution in [0.5, 0.6) is 0 Å². The van der Waals surface area contributed by atoms with Gasteiger partial charge >= 0.3 is 0 Å². The zero-order valence-corrected chi connectivity index (χ0v) is 11.3. The van der Waals surface area contributed by atoms with Crippen LogP contribution >= 0.6 is 0 Å². The first-order valence-electron chi connectivity index (χ1n) is 6.55. The second kappa shape index (κ2) is 7.44. The second-order valence-electron chi connectivity index (χ2n) is 4.79. The molecule has 1 nitrogen and oxygen atoms in total. The van der Waals surface area contributed by atoms with Gasteiger partial charge in [-0.1, -0.05) is 12.8 Å². The lowest BCUT2D eigenvalue weighted by molar-refractivity contribution is 0.610. The summed E-state index contributed by atoms with van der Waals surface area (Å²) in [5, 5.41) is 3.16. The van der Waals surface area contributed by atoms with E-state index >= 15 is 0 Å². The summed E-state index contributed by atoms with van der Waals surface area (Å²) < 4.78 is 13.1. The van der Waals surface area contributed by atoms with Crippen LogP contribution in [0, 0.1) is 19.7 Å². The molecule has 96 valence electrons. The third kappa shape index (κ3) is 4.86. The highest BCUT2D eigenvalue weighted by atomic mass is 19.1. The molecule has 0 saturated heterocycles. The van der Waals surface area contributed by atoms with Crippen molar-refractivity contribution in [1.29, 1.82) is 0 Å². The summed E-state index contributed by atoms with van der Waals surface area (Å²) in [7, 11) is 1.99. The molecule has 0 heterocycles. The van der Waals surface area contributed by atoms with Crippen molar-refractivity contribution in [2.75, 3.05) is 13.6 Å². The van der Waals surface area contributed by atoms with Crippen molar-refractivity contribution in [2.45, 2.75) is 46.0 Å². The fourth-order valence-electron chi connectivity index (χ4n) is 2.29. The number of aryl methyl sites for hydroxylation is 2. The van der Waals surface area contributed by atoms with Crippen LogP contribution in [0.15, 0.2) is 12.1 Å². The van der Waals surface area contributed by atoms with Crippen molar-refractivity contribution in [3.63, 3.8) is 0 Å². The number of nitrogens with one attached hydrogen (secondary N) is 1. The molecule has 0 unspecified atom stereocenters. The standard InChI is InChI=1S/C15H24FN/c1-12-10-14(16)11-13(2)15(12)8-6-4-5-7-9-17-3/h10-11,17H,4-9H2,1-3H3. The molecule has 0 radical (unpaired) electrons. The number of hydrogen-bond donors (Lipinski definition) is 1. The number of rotatable bonds is 7. The molecule has 0 bridgehead atoms. The Kier molecular flexibility index (Phi) is 6.20. The van der Waals surface area contributed by atoms with Gasteiger partial charge in [0.25, 0.3) is 0 Å². The fourth-order valence-corrected chi connectivity index (χ4v) is 2.29.